The third-order valence-electron chi connectivity index (χ3n) is 4.98. The monoisotopic (exact) mass is 372 g/mol. The maximum atomic E-state index is 6.33. The van der Waals surface area contributed by atoms with Crippen molar-refractivity contribution in [1.82, 2.24) is 9.80 Å². The molecule has 0 amide bonds. The standard InChI is InChI=1S/C23H33ClN2/c1-4-25(5-2)15-9-10-16-26(18-21-11-7-6-8-12-21)19-22-14-13-20(3)23(24)17-22/h6-8,11-14,17H,4-5,9-10,15-16,18-19H2,1-3H3. The van der Waals surface area contributed by atoms with Crippen LogP contribution >= 0.6 is 11.6 Å². The van der Waals surface area contributed by atoms with E-state index in [2.05, 4.69) is 79.1 Å². The molecule has 0 aliphatic heterocycles. The third kappa shape index (κ3) is 7.11. The van der Waals surface area contributed by atoms with Crippen LogP contribution in [0.5, 0.6) is 0 Å². The molecule has 2 rings (SSSR count). The average Bonchev–Trinajstić information content (AvgIpc) is 2.65. The molecule has 2 aromatic rings. The molecular weight excluding hydrogens is 340 g/mol. The van der Waals surface area contributed by atoms with E-state index in [0.29, 0.717) is 0 Å². The molecule has 0 aliphatic rings. The summed E-state index contributed by atoms with van der Waals surface area (Å²) in [4.78, 5) is 5.04. The lowest BCUT2D eigenvalue weighted by atomic mass is 10.1. The molecule has 0 aliphatic carbocycles. The SMILES string of the molecule is CCN(CC)CCCCN(Cc1ccccc1)Cc1ccc(C)c(Cl)c1. The Kier molecular flexibility index (Phi) is 9.17. The Morgan fingerprint density at radius 1 is 0.769 bits per heavy atom. The number of hydrogen-bond donors (Lipinski definition) is 0. The Morgan fingerprint density at radius 2 is 1.38 bits per heavy atom. The van der Waals surface area contributed by atoms with Gasteiger partial charge in [0.15, 0.2) is 0 Å². The van der Waals surface area contributed by atoms with Crippen LogP contribution in [-0.2, 0) is 13.1 Å². The van der Waals surface area contributed by atoms with E-state index >= 15 is 0 Å². The molecule has 0 N–H and O–H groups in total. The number of nitrogens with zero attached hydrogens (tertiary/aromatic N) is 2. The minimum absolute atomic E-state index is 0.865. The summed E-state index contributed by atoms with van der Waals surface area (Å²) in [5.74, 6) is 0. The summed E-state index contributed by atoms with van der Waals surface area (Å²) in [6.07, 6.45) is 2.48. The second-order valence-electron chi connectivity index (χ2n) is 7.01. The first-order chi connectivity index (χ1) is 12.6. The minimum Gasteiger partial charge on any atom is -0.304 e. The van der Waals surface area contributed by atoms with Gasteiger partial charge in [0.05, 0.1) is 0 Å². The van der Waals surface area contributed by atoms with Gasteiger partial charge in [-0.25, -0.2) is 0 Å². The predicted octanol–water partition coefficient (Wildman–Crippen LogP) is 5.77. The maximum absolute atomic E-state index is 6.33. The summed E-state index contributed by atoms with van der Waals surface area (Å²) in [5, 5.41) is 0.865. The van der Waals surface area contributed by atoms with Crippen LogP contribution in [-0.4, -0.2) is 36.0 Å². The predicted molar refractivity (Wildman–Crippen MR) is 114 cm³/mol. The fourth-order valence-corrected chi connectivity index (χ4v) is 3.46. The van der Waals surface area contributed by atoms with Gasteiger partial charge >= 0.3 is 0 Å². The van der Waals surface area contributed by atoms with Crippen molar-refractivity contribution < 1.29 is 0 Å². The van der Waals surface area contributed by atoms with E-state index in [-0.39, 0.29) is 0 Å². The molecule has 0 spiro atoms. The molecule has 142 valence electrons. The van der Waals surface area contributed by atoms with Gasteiger partial charge in [-0.15, -0.1) is 0 Å². The van der Waals surface area contributed by atoms with Crippen molar-refractivity contribution in [3.8, 4) is 0 Å². The molecule has 0 aromatic heterocycles. The van der Waals surface area contributed by atoms with E-state index in [4.69, 9.17) is 11.6 Å². The van der Waals surface area contributed by atoms with Crippen molar-refractivity contribution in [1.29, 1.82) is 0 Å². The quantitative estimate of drug-likeness (QED) is 0.462. The van der Waals surface area contributed by atoms with E-state index in [0.717, 1.165) is 43.3 Å². The maximum Gasteiger partial charge on any atom is 0.0438 e. The third-order valence-corrected chi connectivity index (χ3v) is 5.39. The summed E-state index contributed by atoms with van der Waals surface area (Å²) in [5.41, 5.74) is 3.80. The molecule has 0 saturated heterocycles. The lowest BCUT2D eigenvalue weighted by molar-refractivity contribution is 0.237. The molecule has 0 fully saturated rings. The first-order valence-electron chi connectivity index (χ1n) is 9.86. The van der Waals surface area contributed by atoms with Crippen molar-refractivity contribution in [2.24, 2.45) is 0 Å². The van der Waals surface area contributed by atoms with Crippen molar-refractivity contribution in [2.45, 2.75) is 46.7 Å². The first-order valence-corrected chi connectivity index (χ1v) is 10.2. The molecule has 0 radical (unpaired) electrons. The molecule has 0 heterocycles. The number of benzene rings is 2. The van der Waals surface area contributed by atoms with Gasteiger partial charge in [-0.1, -0.05) is 67.9 Å². The minimum atomic E-state index is 0.865. The second kappa shape index (κ2) is 11.4. The van der Waals surface area contributed by atoms with Crippen LogP contribution in [0.4, 0.5) is 0 Å². The van der Waals surface area contributed by atoms with E-state index in [1.54, 1.807) is 0 Å². The number of halogens is 1. The van der Waals surface area contributed by atoms with Crippen LogP contribution in [0.25, 0.3) is 0 Å². The Balaban J connectivity index is 1.95. The van der Waals surface area contributed by atoms with E-state index in [1.165, 1.54) is 30.5 Å². The van der Waals surface area contributed by atoms with Crippen molar-refractivity contribution >= 4 is 11.6 Å². The van der Waals surface area contributed by atoms with Gasteiger partial charge < -0.3 is 4.90 Å². The number of hydrogen-bond acceptors (Lipinski definition) is 2. The lowest BCUT2D eigenvalue weighted by Crippen LogP contribution is -2.27. The second-order valence-corrected chi connectivity index (χ2v) is 7.42. The zero-order valence-electron chi connectivity index (χ0n) is 16.5. The molecule has 0 unspecified atom stereocenters. The van der Waals surface area contributed by atoms with Crippen molar-refractivity contribution in [3.63, 3.8) is 0 Å². The van der Waals surface area contributed by atoms with Gasteiger partial charge in [0.2, 0.25) is 0 Å². The molecule has 0 saturated carbocycles. The van der Waals surface area contributed by atoms with Crippen LogP contribution in [0, 0.1) is 6.92 Å². The first kappa shape index (κ1) is 21.0. The highest BCUT2D eigenvalue weighted by atomic mass is 35.5. The van der Waals surface area contributed by atoms with Crippen LogP contribution in [0.15, 0.2) is 48.5 Å². The Bertz CT molecular complexity index is 638. The average molecular weight is 373 g/mol. The Morgan fingerprint density at radius 3 is 2.00 bits per heavy atom. The Hall–Kier alpha value is -1.35. The highest BCUT2D eigenvalue weighted by Gasteiger charge is 2.09. The largest absolute Gasteiger partial charge is 0.304 e. The van der Waals surface area contributed by atoms with E-state index in [1.807, 2.05) is 0 Å². The summed E-state index contributed by atoms with van der Waals surface area (Å²) in [6, 6.07) is 17.2. The summed E-state index contributed by atoms with van der Waals surface area (Å²) < 4.78 is 0. The summed E-state index contributed by atoms with van der Waals surface area (Å²) in [7, 11) is 0. The van der Waals surface area contributed by atoms with Gasteiger partial charge in [0.25, 0.3) is 0 Å². The fraction of sp³-hybridized carbons (Fsp3) is 0.478. The number of rotatable bonds is 11. The van der Waals surface area contributed by atoms with Crippen LogP contribution in [0.1, 0.15) is 43.4 Å². The molecule has 0 bridgehead atoms. The normalized spacial score (nSPS) is 11.5. The zero-order chi connectivity index (χ0) is 18.8. The van der Waals surface area contributed by atoms with Crippen molar-refractivity contribution in [2.75, 3.05) is 26.2 Å². The zero-order valence-corrected chi connectivity index (χ0v) is 17.3. The topological polar surface area (TPSA) is 6.48 Å². The van der Waals surface area contributed by atoms with Gasteiger partial charge in [-0.05, 0) is 68.7 Å². The lowest BCUT2D eigenvalue weighted by Gasteiger charge is -2.24. The molecule has 26 heavy (non-hydrogen) atoms. The van der Waals surface area contributed by atoms with Gasteiger partial charge in [-0.3, -0.25) is 4.90 Å². The van der Waals surface area contributed by atoms with E-state index < -0.39 is 0 Å². The van der Waals surface area contributed by atoms with Crippen LogP contribution in [0.2, 0.25) is 5.02 Å². The summed E-state index contributed by atoms with van der Waals surface area (Å²) >= 11 is 6.33. The number of unbranched alkanes of at least 4 members (excludes halogenated alkanes) is 1. The molecule has 2 aromatic carbocycles. The molecule has 0 atom stereocenters. The van der Waals surface area contributed by atoms with Gasteiger partial charge in [0, 0.05) is 18.1 Å². The van der Waals surface area contributed by atoms with Gasteiger partial charge in [0.1, 0.15) is 0 Å². The molecular formula is C23H33ClN2. The van der Waals surface area contributed by atoms with Gasteiger partial charge in [-0.2, -0.15) is 0 Å². The summed E-state index contributed by atoms with van der Waals surface area (Å²) in [6.45, 7) is 13.1. The highest BCUT2D eigenvalue weighted by molar-refractivity contribution is 6.31. The van der Waals surface area contributed by atoms with Crippen LogP contribution < -0.4 is 0 Å². The smallest absolute Gasteiger partial charge is 0.0438 e. The number of aryl methyl sites for hydroxylation is 1. The van der Waals surface area contributed by atoms with E-state index in [9.17, 15) is 0 Å². The highest BCUT2D eigenvalue weighted by Crippen LogP contribution is 2.19. The molecule has 2 nitrogen and oxygen atoms in total. The molecule has 3 heteroatoms. The van der Waals surface area contributed by atoms with Crippen molar-refractivity contribution in [3.05, 3.63) is 70.2 Å². The van der Waals surface area contributed by atoms with Crippen LogP contribution in [0.3, 0.4) is 0 Å². The Labute approximate surface area is 164 Å². The fourth-order valence-electron chi connectivity index (χ4n) is 3.26.